The number of aliphatic hydroxyl groups is 2. The zero-order valence-electron chi connectivity index (χ0n) is 33.1. The molecule has 11 heteroatoms. The fourth-order valence-corrected chi connectivity index (χ4v) is 9.70. The van der Waals surface area contributed by atoms with Gasteiger partial charge in [0.15, 0.2) is 0 Å². The summed E-state index contributed by atoms with van der Waals surface area (Å²) in [6.45, 7) is 7.14. The number of amides is 1. The topological polar surface area (TPSA) is 140 Å². The quantitative estimate of drug-likeness (QED) is 0.0700. The van der Waals surface area contributed by atoms with Crippen LogP contribution in [-0.4, -0.2) is 83.2 Å². The van der Waals surface area contributed by atoms with Crippen LogP contribution >= 0.6 is 0 Å². The summed E-state index contributed by atoms with van der Waals surface area (Å²) in [4.78, 5) is 22.5. The van der Waals surface area contributed by atoms with Crippen LogP contribution < -0.4 is 4.74 Å². The number of rotatable bonds is 17. The highest BCUT2D eigenvalue weighted by atomic mass is 16.8. The summed E-state index contributed by atoms with van der Waals surface area (Å²) in [5, 5.41) is 37.7. The number of phenols is 1. The molecule has 11 nitrogen and oxygen atoms in total. The molecule has 306 valence electrons. The molecule has 57 heavy (non-hydrogen) atoms. The van der Waals surface area contributed by atoms with E-state index in [0.717, 1.165) is 72.4 Å². The minimum absolute atomic E-state index is 0.0388. The Hall–Kier alpha value is -4.42. The third-order valence-corrected chi connectivity index (χ3v) is 12.2. The van der Waals surface area contributed by atoms with Gasteiger partial charge in [-0.1, -0.05) is 72.6 Å². The number of nitrogens with zero attached hydrogens (tertiary/aromatic N) is 2. The summed E-state index contributed by atoms with van der Waals surface area (Å²) >= 11 is 0. The molecule has 1 amide bonds. The Bertz CT molecular complexity index is 1900. The number of unbranched alkanes of at least 4 members (excludes halogenated alkanes) is 2. The molecular formula is C46H58N2O9. The van der Waals surface area contributed by atoms with Gasteiger partial charge in [0.1, 0.15) is 17.5 Å². The maximum Gasteiger partial charge on any atom is 0.410 e. The van der Waals surface area contributed by atoms with Gasteiger partial charge in [0.25, 0.3) is 0 Å². The molecule has 2 heterocycles. The summed E-state index contributed by atoms with van der Waals surface area (Å²) in [6, 6.07) is 18.7. The molecule has 1 saturated heterocycles. The van der Waals surface area contributed by atoms with Gasteiger partial charge in [-0.05, 0) is 97.4 Å². The molecular weight excluding hydrogens is 725 g/mol. The molecule has 3 N–H and O–H groups in total. The number of benzene rings is 3. The standard InChI is InChI=1S/C46H58N2O9/c1-3-25-55-46-41(48(45(52)53-4-2)30-33-17-13-16-31-14-5-6-18-35(31)33)29-39(47-57-42-20-9-12-26-54-42)37-27-32(15-7-10-23-49)36(19-8-11-24-50)43(44(37)46)38-28-34(51)21-22-40(38)56-46/h3,5-6,13-14,16-18,21-22,27-28,32,36,41-44,49-51H,1,4,7-12,15,19-20,23-26,29-30H2,2H3/t32-,36+,41-,42?,43+,44+,46+/m0/s1. The van der Waals surface area contributed by atoms with Gasteiger partial charge in [-0.3, -0.25) is 4.90 Å². The molecule has 7 rings (SSSR count). The molecule has 1 saturated carbocycles. The molecule has 0 aromatic heterocycles. The van der Waals surface area contributed by atoms with Crippen molar-refractivity contribution in [3.05, 3.63) is 96.1 Å². The lowest BCUT2D eigenvalue weighted by Gasteiger charge is -2.59. The smallest absolute Gasteiger partial charge is 0.410 e. The van der Waals surface area contributed by atoms with Gasteiger partial charge >= 0.3 is 6.09 Å². The van der Waals surface area contributed by atoms with E-state index in [1.807, 2.05) is 24.3 Å². The Morgan fingerprint density at radius 2 is 1.84 bits per heavy atom. The van der Waals surface area contributed by atoms with E-state index in [1.54, 1.807) is 36.1 Å². The summed E-state index contributed by atoms with van der Waals surface area (Å²) < 4.78 is 26.1. The largest absolute Gasteiger partial charge is 0.508 e. The van der Waals surface area contributed by atoms with Crippen molar-refractivity contribution in [3.63, 3.8) is 0 Å². The third-order valence-electron chi connectivity index (χ3n) is 12.2. The number of phenolic OH excluding ortho intramolecular Hbond substituents is 1. The highest BCUT2D eigenvalue weighted by Gasteiger charge is 2.65. The molecule has 4 aliphatic rings. The number of hydrogen-bond donors (Lipinski definition) is 3. The predicted molar refractivity (Wildman–Crippen MR) is 218 cm³/mol. The molecule has 3 aromatic carbocycles. The van der Waals surface area contributed by atoms with Gasteiger partial charge in [-0.15, -0.1) is 6.58 Å². The number of carbonyl (C=O) groups excluding carboxylic acids is 1. The second kappa shape index (κ2) is 18.9. The van der Waals surface area contributed by atoms with E-state index in [0.29, 0.717) is 30.9 Å². The number of carbonyl (C=O) groups is 1. The lowest BCUT2D eigenvalue weighted by Crippen LogP contribution is -2.70. The first kappa shape index (κ1) is 40.8. The molecule has 3 aromatic rings. The van der Waals surface area contributed by atoms with Crippen molar-refractivity contribution in [2.75, 3.05) is 33.0 Å². The molecule has 0 bridgehead atoms. The molecule has 0 radical (unpaired) electrons. The minimum Gasteiger partial charge on any atom is -0.508 e. The van der Waals surface area contributed by atoms with Crippen molar-refractivity contribution in [1.82, 2.24) is 4.90 Å². The van der Waals surface area contributed by atoms with E-state index in [4.69, 9.17) is 28.9 Å². The SMILES string of the molecule is C=CCO[C@@]12Oc3ccc(O)cc3[C@H]3[C@H](CCCCO)[C@@H](CCCCO)C=C(C(=NOC4CCCCO4)C[C@@H]1N(Cc1cccc4ccccc14)C(=O)OCC)[C@H]32. The minimum atomic E-state index is -1.45. The summed E-state index contributed by atoms with van der Waals surface area (Å²) in [6.07, 6.45) is 10.5. The predicted octanol–water partition coefficient (Wildman–Crippen LogP) is 8.36. The third kappa shape index (κ3) is 8.58. The second-order valence-corrected chi connectivity index (χ2v) is 15.7. The zero-order valence-corrected chi connectivity index (χ0v) is 33.1. The molecule has 0 spiro atoms. The van der Waals surface area contributed by atoms with Crippen LogP contribution in [0.4, 0.5) is 4.79 Å². The van der Waals surface area contributed by atoms with Crippen LogP contribution in [-0.2, 0) is 25.6 Å². The first-order valence-electron chi connectivity index (χ1n) is 20.9. The summed E-state index contributed by atoms with van der Waals surface area (Å²) in [5.41, 5.74) is 3.41. The van der Waals surface area contributed by atoms with E-state index in [9.17, 15) is 20.1 Å². The highest BCUT2D eigenvalue weighted by Crippen LogP contribution is 2.62. The number of hydrogen-bond acceptors (Lipinski definition) is 10. The maximum atomic E-state index is 14.5. The van der Waals surface area contributed by atoms with E-state index >= 15 is 0 Å². The lowest BCUT2D eigenvalue weighted by atomic mass is 9.55. The Labute approximate surface area is 335 Å². The molecule has 2 aliphatic heterocycles. The maximum absolute atomic E-state index is 14.5. The number of oxime groups is 1. The van der Waals surface area contributed by atoms with Crippen molar-refractivity contribution in [2.24, 2.45) is 22.9 Å². The van der Waals surface area contributed by atoms with Crippen LogP contribution in [0, 0.1) is 17.8 Å². The van der Waals surface area contributed by atoms with Crippen molar-refractivity contribution >= 4 is 22.6 Å². The number of aromatic hydroxyl groups is 1. The van der Waals surface area contributed by atoms with Crippen LogP contribution in [0.15, 0.2) is 90.1 Å². The van der Waals surface area contributed by atoms with Gasteiger partial charge in [0.2, 0.25) is 12.1 Å². The fraction of sp³-hybridized carbons (Fsp3) is 0.522. The first-order chi connectivity index (χ1) is 27.9. The van der Waals surface area contributed by atoms with Crippen LogP contribution in [0.25, 0.3) is 10.8 Å². The number of allylic oxidation sites excluding steroid dienone is 1. The van der Waals surface area contributed by atoms with E-state index < -0.39 is 30.1 Å². The second-order valence-electron chi connectivity index (χ2n) is 15.7. The van der Waals surface area contributed by atoms with Gasteiger partial charge in [0.05, 0.1) is 38.0 Å². The normalized spacial score (nSPS) is 27.1. The number of fused-ring (bicyclic) bond motifs is 3. The van der Waals surface area contributed by atoms with Crippen LogP contribution in [0.2, 0.25) is 0 Å². The van der Waals surface area contributed by atoms with Crippen molar-refractivity contribution < 1.29 is 43.9 Å². The lowest BCUT2D eigenvalue weighted by molar-refractivity contribution is -0.256. The Kier molecular flexibility index (Phi) is 13.5. The average molecular weight is 783 g/mol. The fourth-order valence-electron chi connectivity index (χ4n) is 9.70. The number of aliphatic hydroxyl groups excluding tert-OH is 2. The molecule has 2 aliphatic carbocycles. The molecule has 7 atom stereocenters. The van der Waals surface area contributed by atoms with E-state index in [1.165, 1.54) is 0 Å². The van der Waals surface area contributed by atoms with Gasteiger partial charge in [-0.2, -0.15) is 0 Å². The van der Waals surface area contributed by atoms with Crippen LogP contribution in [0.5, 0.6) is 11.5 Å². The van der Waals surface area contributed by atoms with Gasteiger partial charge < -0.3 is 39.1 Å². The van der Waals surface area contributed by atoms with Crippen molar-refractivity contribution in [2.45, 2.75) is 102 Å². The van der Waals surface area contributed by atoms with Crippen LogP contribution in [0.3, 0.4) is 0 Å². The Balaban J connectivity index is 1.45. The van der Waals surface area contributed by atoms with Gasteiger partial charge in [0, 0.05) is 37.5 Å². The summed E-state index contributed by atoms with van der Waals surface area (Å²) in [5.74, 6) is -1.38. The number of ether oxygens (including phenoxy) is 4. The highest BCUT2D eigenvalue weighted by molar-refractivity contribution is 6.03. The van der Waals surface area contributed by atoms with E-state index in [2.05, 4.69) is 30.9 Å². The summed E-state index contributed by atoms with van der Waals surface area (Å²) in [7, 11) is 0. The Morgan fingerprint density at radius 3 is 2.61 bits per heavy atom. The van der Waals surface area contributed by atoms with Crippen molar-refractivity contribution in [1.29, 1.82) is 0 Å². The average Bonchev–Trinajstić information content (AvgIpc) is 3.23. The van der Waals surface area contributed by atoms with Crippen molar-refractivity contribution in [3.8, 4) is 11.5 Å². The Morgan fingerprint density at radius 1 is 1.04 bits per heavy atom. The van der Waals surface area contributed by atoms with E-state index in [-0.39, 0.29) is 62.9 Å². The molecule has 2 fully saturated rings. The first-order valence-corrected chi connectivity index (χ1v) is 20.9. The monoisotopic (exact) mass is 782 g/mol. The van der Waals surface area contributed by atoms with Crippen LogP contribution in [0.1, 0.15) is 88.2 Å². The zero-order chi connectivity index (χ0) is 39.8. The molecule has 1 unspecified atom stereocenters. The van der Waals surface area contributed by atoms with Gasteiger partial charge in [-0.25, -0.2) is 4.79 Å².